The van der Waals surface area contributed by atoms with Gasteiger partial charge in [0.2, 0.25) is 5.91 Å². The van der Waals surface area contributed by atoms with Gasteiger partial charge in [0.1, 0.15) is 17.7 Å². The summed E-state index contributed by atoms with van der Waals surface area (Å²) in [6.07, 6.45) is 1.14. The number of hydrogen-bond acceptors (Lipinski definition) is 4. The van der Waals surface area contributed by atoms with Crippen LogP contribution in [0.2, 0.25) is 0 Å². The summed E-state index contributed by atoms with van der Waals surface area (Å²) in [5.74, 6) is -0.624. The van der Waals surface area contributed by atoms with Crippen molar-refractivity contribution in [3.05, 3.63) is 113 Å². The maximum Gasteiger partial charge on any atom is 0.408 e. The van der Waals surface area contributed by atoms with Crippen LogP contribution in [0.5, 0.6) is 0 Å². The first-order chi connectivity index (χ1) is 21.0. The highest BCUT2D eigenvalue weighted by molar-refractivity contribution is 6.00. The van der Waals surface area contributed by atoms with Crippen molar-refractivity contribution in [1.29, 1.82) is 0 Å². The molecule has 5 rings (SSSR count). The van der Waals surface area contributed by atoms with Crippen LogP contribution >= 0.6 is 0 Å². The lowest BCUT2D eigenvalue weighted by Crippen LogP contribution is -2.54. The molecule has 228 valence electrons. The van der Waals surface area contributed by atoms with Gasteiger partial charge in [-0.3, -0.25) is 9.59 Å². The summed E-state index contributed by atoms with van der Waals surface area (Å²) in [6.45, 7) is 9.32. The Labute approximate surface area is 259 Å². The SMILES string of the molecule is Cc1cc(C)cc(C(C(=O)Nc2ccc3ccccc3c2)N(C(=O)C(Cc2ccccc2)NC(=O)OC(C)(C)C)C2CC2)c1. The Balaban J connectivity index is 1.53. The third-order valence-corrected chi connectivity index (χ3v) is 7.57. The maximum absolute atomic E-state index is 14.6. The lowest BCUT2D eigenvalue weighted by Gasteiger charge is -2.35. The van der Waals surface area contributed by atoms with Gasteiger partial charge in [-0.05, 0) is 81.5 Å². The number of anilines is 1. The van der Waals surface area contributed by atoms with Gasteiger partial charge in [0.15, 0.2) is 0 Å². The molecule has 0 aliphatic heterocycles. The number of rotatable bonds is 9. The number of carbonyl (C=O) groups excluding carboxylic acids is 3. The average Bonchev–Trinajstić information content (AvgIpc) is 3.79. The van der Waals surface area contributed by atoms with Crippen molar-refractivity contribution < 1.29 is 19.1 Å². The number of nitrogens with one attached hydrogen (secondary N) is 2. The average molecular weight is 592 g/mol. The standard InChI is InChI=1S/C37H41N3O4/c1-24-19-25(2)21-29(20-24)33(34(41)38-30-16-15-27-13-9-10-14-28(27)23-30)40(31-17-18-31)35(42)32(22-26-11-7-6-8-12-26)39-36(43)44-37(3,4)5/h6-16,19-21,23,31-33H,17-18,22H2,1-5H3,(H,38,41)(H,39,43). The number of carbonyl (C=O) groups is 3. The van der Waals surface area contributed by atoms with Crippen LogP contribution < -0.4 is 10.6 Å². The Hall–Kier alpha value is -4.65. The van der Waals surface area contributed by atoms with Crippen molar-refractivity contribution in [2.24, 2.45) is 0 Å². The Morgan fingerprint density at radius 3 is 2.11 bits per heavy atom. The highest BCUT2D eigenvalue weighted by atomic mass is 16.6. The van der Waals surface area contributed by atoms with Crippen molar-refractivity contribution >= 4 is 34.4 Å². The summed E-state index contributed by atoms with van der Waals surface area (Å²) in [4.78, 5) is 43.6. The van der Waals surface area contributed by atoms with Crippen LogP contribution in [0, 0.1) is 13.8 Å². The fourth-order valence-electron chi connectivity index (χ4n) is 5.63. The minimum atomic E-state index is -0.935. The zero-order chi connectivity index (χ0) is 31.4. The second-order valence-electron chi connectivity index (χ2n) is 12.7. The van der Waals surface area contributed by atoms with E-state index in [1.54, 1.807) is 25.7 Å². The lowest BCUT2D eigenvalue weighted by atomic mass is 9.97. The van der Waals surface area contributed by atoms with E-state index in [0.29, 0.717) is 5.69 Å². The normalized spacial score (nSPS) is 14.4. The molecule has 7 heteroatoms. The molecule has 4 aromatic carbocycles. The smallest absolute Gasteiger partial charge is 0.408 e. The molecule has 4 aromatic rings. The molecule has 2 atom stereocenters. The van der Waals surface area contributed by atoms with Crippen LogP contribution in [-0.4, -0.2) is 40.5 Å². The molecule has 44 heavy (non-hydrogen) atoms. The fraction of sp³-hybridized carbons (Fsp3) is 0.324. The first-order valence-corrected chi connectivity index (χ1v) is 15.2. The summed E-state index contributed by atoms with van der Waals surface area (Å²) in [7, 11) is 0. The summed E-state index contributed by atoms with van der Waals surface area (Å²) in [6, 6.07) is 27.3. The summed E-state index contributed by atoms with van der Waals surface area (Å²) in [5.41, 5.74) is 3.54. The first kappa shape index (κ1) is 30.8. The largest absolute Gasteiger partial charge is 0.444 e. The van der Waals surface area contributed by atoms with Crippen molar-refractivity contribution in [2.75, 3.05) is 5.32 Å². The van der Waals surface area contributed by atoms with E-state index in [-0.39, 0.29) is 24.3 Å². The van der Waals surface area contributed by atoms with Gasteiger partial charge in [-0.1, -0.05) is 90.0 Å². The molecule has 1 aliphatic carbocycles. The van der Waals surface area contributed by atoms with Crippen LogP contribution in [0.15, 0.2) is 91.0 Å². The van der Waals surface area contributed by atoms with E-state index in [0.717, 1.165) is 45.9 Å². The highest BCUT2D eigenvalue weighted by Crippen LogP contribution is 2.37. The van der Waals surface area contributed by atoms with Gasteiger partial charge in [0.25, 0.3) is 5.91 Å². The van der Waals surface area contributed by atoms with Crippen LogP contribution in [0.3, 0.4) is 0 Å². The van der Waals surface area contributed by atoms with Gasteiger partial charge >= 0.3 is 6.09 Å². The Bertz CT molecular complexity index is 1640. The second-order valence-corrected chi connectivity index (χ2v) is 12.7. The van der Waals surface area contributed by atoms with E-state index in [1.165, 1.54) is 0 Å². The lowest BCUT2D eigenvalue weighted by molar-refractivity contribution is -0.141. The number of amides is 3. The molecule has 2 N–H and O–H groups in total. The van der Waals surface area contributed by atoms with Crippen molar-refractivity contribution in [2.45, 2.75) is 77.6 Å². The van der Waals surface area contributed by atoms with E-state index >= 15 is 0 Å². The third kappa shape index (κ3) is 7.84. The molecule has 0 saturated heterocycles. The molecule has 3 amide bonds. The van der Waals surface area contributed by atoms with Gasteiger partial charge in [0, 0.05) is 18.2 Å². The molecular formula is C37H41N3O4. The van der Waals surface area contributed by atoms with Gasteiger partial charge in [-0.15, -0.1) is 0 Å². The minimum absolute atomic E-state index is 0.130. The second kappa shape index (κ2) is 12.9. The molecule has 2 unspecified atom stereocenters. The van der Waals surface area contributed by atoms with Crippen LogP contribution in [0.1, 0.15) is 61.9 Å². The van der Waals surface area contributed by atoms with E-state index < -0.39 is 23.8 Å². The molecule has 0 aromatic heterocycles. The number of hydrogen-bond donors (Lipinski definition) is 2. The first-order valence-electron chi connectivity index (χ1n) is 15.2. The van der Waals surface area contributed by atoms with Crippen LogP contribution in [-0.2, 0) is 20.7 Å². The van der Waals surface area contributed by atoms with Gasteiger partial charge in [0.05, 0.1) is 0 Å². The van der Waals surface area contributed by atoms with Crippen molar-refractivity contribution in [3.63, 3.8) is 0 Å². The maximum atomic E-state index is 14.6. The third-order valence-electron chi connectivity index (χ3n) is 7.57. The van der Waals surface area contributed by atoms with Gasteiger partial charge in [-0.25, -0.2) is 4.79 Å². The Kier molecular flexibility index (Phi) is 9.04. The zero-order valence-electron chi connectivity index (χ0n) is 26.1. The molecular weight excluding hydrogens is 550 g/mol. The number of aryl methyl sites for hydroxylation is 2. The summed E-state index contributed by atoms with van der Waals surface area (Å²) in [5, 5.41) is 8.02. The molecule has 1 aliphatic rings. The van der Waals surface area contributed by atoms with E-state index in [9.17, 15) is 14.4 Å². The summed E-state index contributed by atoms with van der Waals surface area (Å²) < 4.78 is 5.55. The summed E-state index contributed by atoms with van der Waals surface area (Å²) >= 11 is 0. The molecule has 0 bridgehead atoms. The molecule has 0 heterocycles. The van der Waals surface area contributed by atoms with Crippen molar-refractivity contribution in [1.82, 2.24) is 10.2 Å². The van der Waals surface area contributed by atoms with E-state index in [4.69, 9.17) is 4.74 Å². The van der Waals surface area contributed by atoms with Crippen LogP contribution in [0.4, 0.5) is 10.5 Å². The highest BCUT2D eigenvalue weighted by Gasteiger charge is 2.44. The topological polar surface area (TPSA) is 87.7 Å². The number of alkyl carbamates (subject to hydrolysis) is 1. The molecule has 7 nitrogen and oxygen atoms in total. The van der Waals surface area contributed by atoms with Crippen LogP contribution in [0.25, 0.3) is 10.8 Å². The monoisotopic (exact) mass is 591 g/mol. The predicted octanol–water partition coefficient (Wildman–Crippen LogP) is 7.26. The zero-order valence-corrected chi connectivity index (χ0v) is 26.1. The predicted molar refractivity (Wildman–Crippen MR) is 174 cm³/mol. The Morgan fingerprint density at radius 2 is 1.48 bits per heavy atom. The molecule has 1 fully saturated rings. The Morgan fingerprint density at radius 1 is 0.841 bits per heavy atom. The number of nitrogens with zero attached hydrogens (tertiary/aromatic N) is 1. The molecule has 1 saturated carbocycles. The number of benzene rings is 4. The molecule has 0 radical (unpaired) electrons. The van der Waals surface area contributed by atoms with Gasteiger partial charge < -0.3 is 20.3 Å². The molecule has 0 spiro atoms. The van der Waals surface area contributed by atoms with Gasteiger partial charge in [-0.2, -0.15) is 0 Å². The fourth-order valence-corrected chi connectivity index (χ4v) is 5.63. The van der Waals surface area contributed by atoms with E-state index in [2.05, 4.69) is 10.6 Å². The number of ether oxygens (including phenoxy) is 1. The van der Waals surface area contributed by atoms with E-state index in [1.807, 2.05) is 105 Å². The number of fused-ring (bicyclic) bond motifs is 1. The minimum Gasteiger partial charge on any atom is -0.444 e. The quantitative estimate of drug-likeness (QED) is 0.214. The van der Waals surface area contributed by atoms with Crippen molar-refractivity contribution in [3.8, 4) is 0 Å².